The van der Waals surface area contributed by atoms with Crippen LogP contribution in [0.5, 0.6) is 0 Å². The van der Waals surface area contributed by atoms with Gasteiger partial charge in [0, 0.05) is 27.6 Å². The molecule has 0 saturated carbocycles. The van der Waals surface area contributed by atoms with Crippen molar-refractivity contribution in [2.75, 3.05) is 0 Å². The monoisotopic (exact) mass is 328 g/mol. The van der Waals surface area contributed by atoms with Crippen molar-refractivity contribution in [2.45, 2.75) is 26.4 Å². The molecule has 0 aliphatic rings. The van der Waals surface area contributed by atoms with Gasteiger partial charge >= 0.3 is 0 Å². The minimum Gasteiger partial charge on any atom is -0.443 e. The third-order valence-corrected chi connectivity index (χ3v) is 3.12. The largest absolute Gasteiger partial charge is 0.443 e. The quantitative estimate of drug-likeness (QED) is 0.911. The third kappa shape index (κ3) is 3.34. The molecule has 0 saturated heterocycles. The van der Waals surface area contributed by atoms with Crippen molar-refractivity contribution in [2.24, 2.45) is 0 Å². The van der Waals surface area contributed by atoms with Gasteiger partial charge in [0.05, 0.1) is 0 Å². The first-order valence-electron chi connectivity index (χ1n) is 5.68. The fraction of sp³-hybridized carbons (Fsp3) is 0.308. The van der Waals surface area contributed by atoms with Crippen LogP contribution in [0.2, 0.25) is 5.02 Å². The summed E-state index contributed by atoms with van der Waals surface area (Å²) in [4.78, 5) is 4.24. The van der Waals surface area contributed by atoms with E-state index in [-0.39, 0.29) is 0 Å². The highest BCUT2D eigenvalue weighted by molar-refractivity contribution is 9.10. The van der Waals surface area contributed by atoms with Gasteiger partial charge in [0.25, 0.3) is 0 Å². The average Bonchev–Trinajstić information content (AvgIpc) is 2.72. The second-order valence-corrected chi connectivity index (χ2v) is 5.67. The smallest absolute Gasteiger partial charge is 0.181 e. The van der Waals surface area contributed by atoms with Crippen LogP contribution in [0.4, 0.5) is 0 Å². The average molecular weight is 330 g/mol. The highest BCUT2D eigenvalue weighted by Gasteiger charge is 2.12. The maximum Gasteiger partial charge on any atom is 0.181 e. The van der Waals surface area contributed by atoms with Crippen LogP contribution in [0.25, 0.3) is 11.3 Å². The second-order valence-electron chi connectivity index (χ2n) is 4.32. The molecule has 1 aromatic heterocycles. The highest BCUT2D eigenvalue weighted by atomic mass is 79.9. The number of halogens is 2. The highest BCUT2D eigenvalue weighted by Crippen LogP contribution is 2.29. The molecule has 0 aliphatic heterocycles. The molecule has 2 rings (SSSR count). The molecule has 0 aliphatic carbocycles. The summed E-state index contributed by atoms with van der Waals surface area (Å²) in [6, 6.07) is 6.07. The van der Waals surface area contributed by atoms with Crippen LogP contribution in [-0.4, -0.2) is 11.0 Å². The maximum atomic E-state index is 6.04. The van der Waals surface area contributed by atoms with Crippen LogP contribution >= 0.6 is 27.5 Å². The molecule has 3 nitrogen and oxygen atoms in total. The molecule has 1 heterocycles. The molecule has 0 bridgehead atoms. The minimum absolute atomic E-state index is 0.403. The van der Waals surface area contributed by atoms with E-state index in [1.807, 2.05) is 18.2 Å². The summed E-state index contributed by atoms with van der Waals surface area (Å²) in [6.45, 7) is 4.86. The van der Waals surface area contributed by atoms with E-state index in [0.29, 0.717) is 17.6 Å². The van der Waals surface area contributed by atoms with Crippen molar-refractivity contribution in [1.82, 2.24) is 10.3 Å². The molecule has 0 spiro atoms. The van der Waals surface area contributed by atoms with Crippen molar-refractivity contribution in [1.29, 1.82) is 0 Å². The van der Waals surface area contributed by atoms with Crippen molar-refractivity contribution in [3.63, 3.8) is 0 Å². The van der Waals surface area contributed by atoms with E-state index < -0.39 is 0 Å². The van der Waals surface area contributed by atoms with Crippen molar-refractivity contribution < 1.29 is 4.42 Å². The van der Waals surface area contributed by atoms with E-state index in [9.17, 15) is 0 Å². The van der Waals surface area contributed by atoms with E-state index >= 15 is 0 Å². The fourth-order valence-corrected chi connectivity index (χ4v) is 2.48. The summed E-state index contributed by atoms with van der Waals surface area (Å²) in [5.74, 6) is 0.756. The van der Waals surface area contributed by atoms with E-state index in [2.05, 4.69) is 40.1 Å². The standard InChI is InChI=1S/C13H14BrClN2O/c1-8(2)16-6-12-13(18-7-17-12)9-3-10(14)5-11(15)4-9/h3-5,7-8,16H,6H2,1-2H3. The normalized spacial score (nSPS) is 11.2. The van der Waals surface area contributed by atoms with E-state index in [1.165, 1.54) is 6.39 Å². The van der Waals surface area contributed by atoms with Gasteiger partial charge in [-0.05, 0) is 18.2 Å². The van der Waals surface area contributed by atoms with Gasteiger partial charge < -0.3 is 9.73 Å². The maximum absolute atomic E-state index is 6.04. The Balaban J connectivity index is 2.30. The zero-order valence-electron chi connectivity index (χ0n) is 10.2. The lowest BCUT2D eigenvalue weighted by Gasteiger charge is -2.07. The Kier molecular flexibility index (Phi) is 4.43. The van der Waals surface area contributed by atoms with Gasteiger partial charge in [0.1, 0.15) is 5.69 Å². The van der Waals surface area contributed by atoms with Gasteiger partial charge in [0.2, 0.25) is 0 Å². The first-order chi connectivity index (χ1) is 8.56. The summed E-state index contributed by atoms with van der Waals surface area (Å²) >= 11 is 9.46. The first kappa shape index (κ1) is 13.6. The Morgan fingerprint density at radius 1 is 1.39 bits per heavy atom. The first-order valence-corrected chi connectivity index (χ1v) is 6.85. The number of aromatic nitrogens is 1. The van der Waals surface area contributed by atoms with Crippen LogP contribution in [0, 0.1) is 0 Å². The fourth-order valence-electron chi connectivity index (χ4n) is 1.62. The molecule has 2 aromatic rings. The van der Waals surface area contributed by atoms with E-state index in [1.54, 1.807) is 0 Å². The van der Waals surface area contributed by atoms with E-state index in [4.69, 9.17) is 16.0 Å². The molecule has 1 aromatic carbocycles. The topological polar surface area (TPSA) is 38.1 Å². The molecule has 1 N–H and O–H groups in total. The summed E-state index contributed by atoms with van der Waals surface area (Å²) in [5, 5.41) is 3.99. The molecule has 96 valence electrons. The lowest BCUT2D eigenvalue weighted by molar-refractivity contribution is 0.563. The summed E-state index contributed by atoms with van der Waals surface area (Å²) in [5.41, 5.74) is 1.81. The molecule has 0 fully saturated rings. The molecule has 18 heavy (non-hydrogen) atoms. The second kappa shape index (κ2) is 5.87. The number of oxazole rings is 1. The minimum atomic E-state index is 0.403. The van der Waals surface area contributed by atoms with Gasteiger partial charge in [-0.2, -0.15) is 0 Å². The summed E-state index contributed by atoms with van der Waals surface area (Å²) in [6.07, 6.45) is 1.46. The summed E-state index contributed by atoms with van der Waals surface area (Å²) < 4.78 is 6.38. The van der Waals surface area contributed by atoms with Crippen LogP contribution < -0.4 is 5.32 Å². The van der Waals surface area contributed by atoms with Crippen molar-refractivity contribution in [3.05, 3.63) is 39.8 Å². The van der Waals surface area contributed by atoms with Gasteiger partial charge in [-0.3, -0.25) is 0 Å². The lowest BCUT2D eigenvalue weighted by atomic mass is 10.1. The molecular formula is C13H14BrClN2O. The Morgan fingerprint density at radius 3 is 2.83 bits per heavy atom. The molecule has 0 amide bonds. The predicted octanol–water partition coefficient (Wildman–Crippen LogP) is 4.26. The van der Waals surface area contributed by atoms with Gasteiger partial charge in [-0.25, -0.2) is 4.98 Å². The van der Waals surface area contributed by atoms with Gasteiger partial charge in [-0.15, -0.1) is 0 Å². The van der Waals surface area contributed by atoms with Crippen molar-refractivity contribution >= 4 is 27.5 Å². The number of hydrogen-bond acceptors (Lipinski definition) is 3. The van der Waals surface area contributed by atoms with Crippen LogP contribution in [0.15, 0.2) is 33.5 Å². The Morgan fingerprint density at radius 2 is 2.17 bits per heavy atom. The molecule has 5 heteroatoms. The van der Waals surface area contributed by atoms with Crippen LogP contribution in [-0.2, 0) is 6.54 Å². The molecular weight excluding hydrogens is 316 g/mol. The third-order valence-electron chi connectivity index (χ3n) is 2.44. The Labute approximate surface area is 120 Å². The molecule has 0 radical (unpaired) electrons. The predicted molar refractivity (Wildman–Crippen MR) is 76.6 cm³/mol. The number of benzene rings is 1. The van der Waals surface area contributed by atoms with Gasteiger partial charge in [0.15, 0.2) is 12.2 Å². The zero-order valence-corrected chi connectivity index (χ0v) is 12.5. The lowest BCUT2D eigenvalue weighted by Crippen LogP contribution is -2.22. The van der Waals surface area contributed by atoms with E-state index in [0.717, 1.165) is 21.5 Å². The van der Waals surface area contributed by atoms with Crippen LogP contribution in [0.3, 0.4) is 0 Å². The number of nitrogens with zero attached hydrogens (tertiary/aromatic N) is 1. The number of rotatable bonds is 4. The van der Waals surface area contributed by atoms with Crippen LogP contribution in [0.1, 0.15) is 19.5 Å². The molecule has 0 atom stereocenters. The number of nitrogens with one attached hydrogen (secondary N) is 1. The number of hydrogen-bond donors (Lipinski definition) is 1. The SMILES string of the molecule is CC(C)NCc1ncoc1-c1cc(Cl)cc(Br)c1. The zero-order chi connectivity index (χ0) is 13.1. The Hall–Kier alpha value is -0.840. The van der Waals surface area contributed by atoms with Gasteiger partial charge in [-0.1, -0.05) is 41.4 Å². The molecule has 0 unspecified atom stereocenters. The summed E-state index contributed by atoms with van der Waals surface area (Å²) in [7, 11) is 0. The Bertz CT molecular complexity index is 519. The van der Waals surface area contributed by atoms with Crippen molar-refractivity contribution in [3.8, 4) is 11.3 Å².